The van der Waals surface area contributed by atoms with Crippen LogP contribution in [0.1, 0.15) is 32.3 Å². The Balaban J connectivity index is 2.03. The molecule has 1 fully saturated rings. The molecule has 2 heterocycles. The molecular weight excluding hydrogens is 238 g/mol. The number of rotatable bonds is 5. The van der Waals surface area contributed by atoms with Crippen molar-refractivity contribution in [2.45, 2.75) is 39.3 Å². The quantitative estimate of drug-likeness (QED) is 0.850. The molecule has 1 aromatic rings. The second-order valence-corrected chi connectivity index (χ2v) is 5.63. The van der Waals surface area contributed by atoms with Crippen LogP contribution < -0.4 is 10.2 Å². The highest BCUT2D eigenvalue weighted by molar-refractivity contribution is 5.47. The lowest BCUT2D eigenvalue weighted by Gasteiger charge is -2.33. The molecule has 1 aliphatic rings. The third-order valence-corrected chi connectivity index (χ3v) is 3.74. The lowest BCUT2D eigenvalue weighted by molar-refractivity contribution is 0.202. The van der Waals surface area contributed by atoms with Gasteiger partial charge in [0.25, 0.3) is 0 Å². The smallest absolute Gasteiger partial charge is 0.133 e. The first-order valence-corrected chi connectivity index (χ1v) is 7.23. The number of anilines is 1. The highest BCUT2D eigenvalue weighted by atomic mass is 16.3. The first-order valence-electron chi connectivity index (χ1n) is 7.23. The number of nitrogens with zero attached hydrogens (tertiary/aromatic N) is 2. The molecule has 4 nitrogen and oxygen atoms in total. The van der Waals surface area contributed by atoms with Gasteiger partial charge in [0.05, 0.1) is 0 Å². The highest BCUT2D eigenvalue weighted by Crippen LogP contribution is 2.24. The Kier molecular flexibility index (Phi) is 5.16. The summed E-state index contributed by atoms with van der Waals surface area (Å²) in [6, 6.07) is 4.63. The van der Waals surface area contributed by atoms with E-state index in [1.54, 1.807) is 0 Å². The minimum Gasteiger partial charge on any atom is -0.396 e. The monoisotopic (exact) mass is 263 g/mol. The molecule has 0 aliphatic carbocycles. The van der Waals surface area contributed by atoms with Crippen LogP contribution in [0.25, 0.3) is 0 Å². The van der Waals surface area contributed by atoms with Crippen molar-refractivity contribution in [3.8, 4) is 0 Å². The van der Waals surface area contributed by atoms with Gasteiger partial charge in [-0.2, -0.15) is 0 Å². The van der Waals surface area contributed by atoms with E-state index in [0.29, 0.717) is 18.6 Å². The number of nitrogens with one attached hydrogen (secondary N) is 1. The van der Waals surface area contributed by atoms with E-state index >= 15 is 0 Å². The van der Waals surface area contributed by atoms with E-state index in [-0.39, 0.29) is 0 Å². The Hall–Kier alpha value is -1.13. The van der Waals surface area contributed by atoms with Crippen molar-refractivity contribution in [3.63, 3.8) is 0 Å². The molecule has 0 saturated carbocycles. The predicted octanol–water partition coefficient (Wildman–Crippen LogP) is 1.79. The molecule has 2 N–H and O–H groups in total. The number of pyridine rings is 1. The number of aliphatic hydroxyl groups excluding tert-OH is 1. The zero-order chi connectivity index (χ0) is 13.7. The third-order valence-electron chi connectivity index (χ3n) is 3.74. The largest absolute Gasteiger partial charge is 0.396 e. The summed E-state index contributed by atoms with van der Waals surface area (Å²) >= 11 is 0. The van der Waals surface area contributed by atoms with E-state index in [1.807, 2.05) is 12.3 Å². The Labute approximate surface area is 115 Å². The molecule has 0 atom stereocenters. The third kappa shape index (κ3) is 3.91. The zero-order valence-corrected chi connectivity index (χ0v) is 12.0. The highest BCUT2D eigenvalue weighted by Gasteiger charge is 2.21. The molecule has 1 aromatic heterocycles. The van der Waals surface area contributed by atoms with Crippen LogP contribution in [0.2, 0.25) is 0 Å². The number of aromatic nitrogens is 1. The van der Waals surface area contributed by atoms with Gasteiger partial charge in [0, 0.05) is 44.0 Å². The Morgan fingerprint density at radius 3 is 2.79 bits per heavy atom. The van der Waals surface area contributed by atoms with Gasteiger partial charge in [0.2, 0.25) is 0 Å². The molecule has 0 unspecified atom stereocenters. The molecule has 0 amide bonds. The number of hydrogen-bond acceptors (Lipinski definition) is 4. The van der Waals surface area contributed by atoms with Crippen LogP contribution in [-0.4, -0.2) is 35.8 Å². The van der Waals surface area contributed by atoms with E-state index in [4.69, 9.17) is 0 Å². The van der Waals surface area contributed by atoms with E-state index in [9.17, 15) is 5.11 Å². The maximum absolute atomic E-state index is 9.20. The van der Waals surface area contributed by atoms with Gasteiger partial charge in [-0.25, -0.2) is 4.98 Å². The molecular formula is C15H25N3O. The normalized spacial score (nSPS) is 17.2. The zero-order valence-electron chi connectivity index (χ0n) is 12.0. The van der Waals surface area contributed by atoms with Crippen LogP contribution >= 0.6 is 0 Å². The van der Waals surface area contributed by atoms with Gasteiger partial charge in [-0.15, -0.1) is 0 Å². The van der Waals surface area contributed by atoms with Crippen molar-refractivity contribution in [1.82, 2.24) is 10.3 Å². The van der Waals surface area contributed by atoms with Crippen molar-refractivity contribution in [2.24, 2.45) is 5.92 Å². The summed E-state index contributed by atoms with van der Waals surface area (Å²) in [5.41, 5.74) is 1.26. The molecule has 0 radical (unpaired) electrons. The number of aliphatic hydroxyl groups is 1. The van der Waals surface area contributed by atoms with E-state index in [2.05, 4.69) is 35.1 Å². The first-order chi connectivity index (χ1) is 9.20. The van der Waals surface area contributed by atoms with Gasteiger partial charge >= 0.3 is 0 Å². The first kappa shape index (κ1) is 14.3. The predicted molar refractivity (Wildman–Crippen MR) is 78.2 cm³/mol. The summed E-state index contributed by atoms with van der Waals surface area (Å²) in [6.07, 6.45) is 3.99. The average molecular weight is 263 g/mol. The molecule has 0 spiro atoms. The van der Waals surface area contributed by atoms with Crippen LogP contribution in [0.5, 0.6) is 0 Å². The van der Waals surface area contributed by atoms with Gasteiger partial charge in [0.1, 0.15) is 5.82 Å². The SMILES string of the molecule is CC(C)NCc1cccnc1N1CCC(CO)CC1. The van der Waals surface area contributed by atoms with Crippen molar-refractivity contribution >= 4 is 5.82 Å². The van der Waals surface area contributed by atoms with Crippen molar-refractivity contribution in [2.75, 3.05) is 24.6 Å². The average Bonchev–Trinajstić information content (AvgIpc) is 2.45. The van der Waals surface area contributed by atoms with E-state index in [0.717, 1.165) is 38.3 Å². The van der Waals surface area contributed by atoms with E-state index < -0.39 is 0 Å². The summed E-state index contributed by atoms with van der Waals surface area (Å²) in [6.45, 7) is 7.48. The van der Waals surface area contributed by atoms with Crippen molar-refractivity contribution in [1.29, 1.82) is 0 Å². The standard InChI is InChI=1S/C15H25N3O/c1-12(2)17-10-14-4-3-7-16-15(14)18-8-5-13(11-19)6-9-18/h3-4,7,12-13,17,19H,5-6,8-11H2,1-2H3. The summed E-state index contributed by atoms with van der Waals surface area (Å²) in [4.78, 5) is 6.91. The molecule has 0 bridgehead atoms. The van der Waals surface area contributed by atoms with Crippen LogP contribution in [0.4, 0.5) is 5.82 Å². The maximum Gasteiger partial charge on any atom is 0.133 e. The van der Waals surface area contributed by atoms with Gasteiger partial charge in [0.15, 0.2) is 0 Å². The van der Waals surface area contributed by atoms with Crippen molar-refractivity contribution in [3.05, 3.63) is 23.9 Å². The Morgan fingerprint density at radius 1 is 1.42 bits per heavy atom. The van der Waals surface area contributed by atoms with Crippen LogP contribution in [0.15, 0.2) is 18.3 Å². The lowest BCUT2D eigenvalue weighted by atomic mass is 9.97. The molecule has 1 aliphatic heterocycles. The molecule has 1 saturated heterocycles. The van der Waals surface area contributed by atoms with E-state index in [1.165, 1.54) is 5.56 Å². The topological polar surface area (TPSA) is 48.4 Å². The van der Waals surface area contributed by atoms with Gasteiger partial charge in [-0.05, 0) is 24.8 Å². The second-order valence-electron chi connectivity index (χ2n) is 5.63. The molecule has 0 aromatic carbocycles. The molecule has 19 heavy (non-hydrogen) atoms. The molecule has 106 valence electrons. The Morgan fingerprint density at radius 2 is 2.16 bits per heavy atom. The van der Waals surface area contributed by atoms with Crippen LogP contribution in [0, 0.1) is 5.92 Å². The fourth-order valence-electron chi connectivity index (χ4n) is 2.49. The minimum absolute atomic E-state index is 0.317. The summed E-state index contributed by atoms with van der Waals surface area (Å²) < 4.78 is 0. The van der Waals surface area contributed by atoms with Crippen LogP contribution in [0.3, 0.4) is 0 Å². The van der Waals surface area contributed by atoms with Crippen LogP contribution in [-0.2, 0) is 6.54 Å². The summed E-state index contributed by atoms with van der Waals surface area (Å²) in [7, 11) is 0. The maximum atomic E-state index is 9.20. The van der Waals surface area contributed by atoms with Gasteiger partial charge < -0.3 is 15.3 Å². The molecule has 2 rings (SSSR count). The second kappa shape index (κ2) is 6.87. The summed E-state index contributed by atoms with van der Waals surface area (Å²) in [5.74, 6) is 1.57. The Bertz CT molecular complexity index is 387. The fraction of sp³-hybridized carbons (Fsp3) is 0.667. The fourth-order valence-corrected chi connectivity index (χ4v) is 2.49. The minimum atomic E-state index is 0.317. The lowest BCUT2D eigenvalue weighted by Crippen LogP contribution is -2.36. The molecule has 4 heteroatoms. The van der Waals surface area contributed by atoms with Gasteiger partial charge in [-0.1, -0.05) is 19.9 Å². The van der Waals surface area contributed by atoms with Gasteiger partial charge in [-0.3, -0.25) is 0 Å². The van der Waals surface area contributed by atoms with Crippen molar-refractivity contribution < 1.29 is 5.11 Å². The summed E-state index contributed by atoms with van der Waals surface area (Å²) in [5, 5.41) is 12.7. The number of piperidine rings is 1. The number of hydrogen-bond donors (Lipinski definition) is 2.